The van der Waals surface area contributed by atoms with E-state index < -0.39 is 12.1 Å². The van der Waals surface area contributed by atoms with Gasteiger partial charge in [0, 0.05) is 22.8 Å². The van der Waals surface area contributed by atoms with Crippen LogP contribution in [0.25, 0.3) is 5.52 Å². The summed E-state index contributed by atoms with van der Waals surface area (Å²) in [6.07, 6.45) is -0.667. The SMILES string of the molecule is N[C@H]1CCCC[C@H]1Nc1ccc2ccc(C(=O)Nc3cscc3Cl)n2n1.O=C(O)C(F)(F)F. The van der Waals surface area contributed by atoms with Crippen molar-refractivity contribution < 1.29 is 27.9 Å². The van der Waals surface area contributed by atoms with Crippen LogP contribution in [0.4, 0.5) is 24.7 Å². The lowest BCUT2D eigenvalue weighted by atomic mass is 9.91. The molecule has 4 rings (SSSR count). The Morgan fingerprint density at radius 3 is 2.45 bits per heavy atom. The molecule has 1 amide bonds. The summed E-state index contributed by atoms with van der Waals surface area (Å²) in [5.74, 6) is -2.28. The van der Waals surface area contributed by atoms with Crippen molar-refractivity contribution in [3.8, 4) is 0 Å². The fraction of sp³-hybridized carbons (Fsp3) is 0.350. The number of nitrogens with one attached hydrogen (secondary N) is 2. The van der Waals surface area contributed by atoms with Crippen LogP contribution in [0.5, 0.6) is 0 Å². The zero-order valence-electron chi connectivity index (χ0n) is 17.1. The standard InChI is InChI=1S/C18H20ClN5OS.C2HF3O2/c19-12-9-26-10-15(12)22-18(25)16-7-5-11-6-8-17(23-24(11)16)21-14-4-2-1-3-13(14)20;3-2(4,5)1(6)7/h5-10,13-14H,1-4,20H2,(H,21,23)(H,22,25);(H,6,7)/t13-,14+;/m0./s1. The van der Waals surface area contributed by atoms with Gasteiger partial charge in [-0.3, -0.25) is 4.79 Å². The Hall–Kier alpha value is -2.83. The lowest BCUT2D eigenvalue weighted by Gasteiger charge is -2.29. The van der Waals surface area contributed by atoms with Crippen molar-refractivity contribution >= 4 is 51.8 Å². The van der Waals surface area contributed by atoms with Crippen molar-refractivity contribution in [2.75, 3.05) is 10.6 Å². The van der Waals surface area contributed by atoms with Gasteiger partial charge in [-0.1, -0.05) is 24.4 Å². The Kier molecular flexibility index (Phi) is 7.82. The van der Waals surface area contributed by atoms with E-state index in [9.17, 15) is 18.0 Å². The Bertz CT molecular complexity index is 1130. The van der Waals surface area contributed by atoms with Crippen LogP contribution in [0.1, 0.15) is 36.2 Å². The van der Waals surface area contributed by atoms with E-state index in [1.165, 1.54) is 24.2 Å². The van der Waals surface area contributed by atoms with Crippen molar-refractivity contribution in [2.45, 2.75) is 43.9 Å². The normalized spacial score (nSPS) is 18.3. The minimum Gasteiger partial charge on any atom is -0.475 e. The predicted molar refractivity (Wildman–Crippen MR) is 120 cm³/mol. The molecule has 1 fully saturated rings. The number of carboxylic acids is 1. The quantitative estimate of drug-likeness (QED) is 0.412. The van der Waals surface area contributed by atoms with Gasteiger partial charge >= 0.3 is 12.1 Å². The molecule has 0 spiro atoms. The van der Waals surface area contributed by atoms with E-state index in [2.05, 4.69) is 15.7 Å². The summed E-state index contributed by atoms with van der Waals surface area (Å²) in [6, 6.07) is 7.84. The number of amides is 1. The molecular formula is C20H21ClF3N5O3S. The number of aromatic nitrogens is 2. The van der Waals surface area contributed by atoms with Gasteiger partial charge in [0.1, 0.15) is 11.5 Å². The average molecular weight is 504 g/mol. The van der Waals surface area contributed by atoms with E-state index in [0.29, 0.717) is 16.4 Å². The molecular weight excluding hydrogens is 483 g/mol. The summed E-state index contributed by atoms with van der Waals surface area (Å²) in [4.78, 5) is 21.5. The van der Waals surface area contributed by atoms with Crippen LogP contribution in [0.3, 0.4) is 0 Å². The van der Waals surface area contributed by atoms with Crippen LogP contribution < -0.4 is 16.4 Å². The summed E-state index contributed by atoms with van der Waals surface area (Å²) >= 11 is 7.50. The van der Waals surface area contributed by atoms with Crippen LogP contribution >= 0.6 is 22.9 Å². The number of hydrogen-bond acceptors (Lipinski definition) is 6. The fourth-order valence-electron chi connectivity index (χ4n) is 3.32. The first-order valence-electron chi connectivity index (χ1n) is 9.90. The number of rotatable bonds is 4. The molecule has 0 aliphatic heterocycles. The van der Waals surface area contributed by atoms with Crippen LogP contribution in [0, 0.1) is 0 Å². The number of nitrogens with zero attached hydrogens (tertiary/aromatic N) is 2. The van der Waals surface area contributed by atoms with Gasteiger partial charge < -0.3 is 21.5 Å². The topological polar surface area (TPSA) is 122 Å². The van der Waals surface area contributed by atoms with E-state index in [1.54, 1.807) is 21.3 Å². The lowest BCUT2D eigenvalue weighted by molar-refractivity contribution is -0.192. The van der Waals surface area contributed by atoms with Gasteiger partial charge in [-0.15, -0.1) is 16.4 Å². The highest BCUT2D eigenvalue weighted by Gasteiger charge is 2.38. The molecule has 0 bridgehead atoms. The largest absolute Gasteiger partial charge is 0.490 e. The van der Waals surface area contributed by atoms with Gasteiger partial charge in [0.25, 0.3) is 5.91 Å². The predicted octanol–water partition coefficient (Wildman–Crippen LogP) is 4.62. The highest BCUT2D eigenvalue weighted by atomic mass is 35.5. The first kappa shape index (κ1) is 24.8. The monoisotopic (exact) mass is 503 g/mol. The second-order valence-corrected chi connectivity index (χ2v) is 8.51. The molecule has 5 N–H and O–H groups in total. The molecule has 8 nitrogen and oxygen atoms in total. The van der Waals surface area contributed by atoms with E-state index in [1.807, 2.05) is 18.2 Å². The number of hydrogen-bond donors (Lipinski definition) is 4. The molecule has 33 heavy (non-hydrogen) atoms. The first-order valence-corrected chi connectivity index (χ1v) is 11.2. The molecule has 0 radical (unpaired) electrons. The molecule has 3 aromatic heterocycles. The number of fused-ring (bicyclic) bond motifs is 1. The molecule has 1 saturated carbocycles. The average Bonchev–Trinajstić information content (AvgIpc) is 3.35. The molecule has 3 aromatic rings. The highest BCUT2D eigenvalue weighted by Crippen LogP contribution is 2.27. The lowest BCUT2D eigenvalue weighted by Crippen LogP contribution is -2.42. The molecule has 178 valence electrons. The summed E-state index contributed by atoms with van der Waals surface area (Å²) in [5.41, 5.74) is 8.13. The van der Waals surface area contributed by atoms with Crippen molar-refractivity contribution in [1.29, 1.82) is 0 Å². The third kappa shape index (κ3) is 6.36. The summed E-state index contributed by atoms with van der Waals surface area (Å²) in [7, 11) is 0. The number of carbonyl (C=O) groups is 2. The highest BCUT2D eigenvalue weighted by molar-refractivity contribution is 7.09. The van der Waals surface area contributed by atoms with Crippen LogP contribution in [0.2, 0.25) is 5.02 Å². The van der Waals surface area contributed by atoms with E-state index >= 15 is 0 Å². The summed E-state index contributed by atoms with van der Waals surface area (Å²) in [6.45, 7) is 0. The maximum atomic E-state index is 12.6. The Labute approximate surface area is 195 Å². The molecule has 1 aliphatic carbocycles. The van der Waals surface area contributed by atoms with Crippen LogP contribution in [-0.4, -0.2) is 44.9 Å². The van der Waals surface area contributed by atoms with Crippen LogP contribution in [-0.2, 0) is 4.79 Å². The summed E-state index contributed by atoms with van der Waals surface area (Å²) in [5, 5.41) is 22.1. The van der Waals surface area contributed by atoms with Gasteiger partial charge in [-0.2, -0.15) is 13.2 Å². The number of carbonyl (C=O) groups excluding carboxylic acids is 1. The smallest absolute Gasteiger partial charge is 0.475 e. The molecule has 1 aliphatic rings. The van der Waals surface area contributed by atoms with Crippen molar-refractivity contribution in [3.05, 3.63) is 45.7 Å². The fourth-order valence-corrected chi connectivity index (χ4v) is 4.28. The van der Waals surface area contributed by atoms with Crippen LogP contribution in [0.15, 0.2) is 35.0 Å². The number of anilines is 2. The zero-order chi connectivity index (χ0) is 24.2. The second kappa shape index (κ2) is 10.4. The first-order chi connectivity index (χ1) is 15.6. The number of halogens is 4. The molecule has 13 heteroatoms. The Morgan fingerprint density at radius 1 is 1.18 bits per heavy atom. The number of thiophene rings is 1. The minimum absolute atomic E-state index is 0.134. The van der Waals surface area contributed by atoms with Crippen molar-refractivity contribution in [1.82, 2.24) is 9.61 Å². The molecule has 3 heterocycles. The number of alkyl halides is 3. The maximum Gasteiger partial charge on any atom is 0.490 e. The van der Waals surface area contributed by atoms with Gasteiger partial charge in [-0.05, 0) is 37.1 Å². The second-order valence-electron chi connectivity index (χ2n) is 7.36. The van der Waals surface area contributed by atoms with Crippen molar-refractivity contribution in [2.24, 2.45) is 5.73 Å². The van der Waals surface area contributed by atoms with Crippen molar-refractivity contribution in [3.63, 3.8) is 0 Å². The number of aliphatic carboxylic acids is 1. The van der Waals surface area contributed by atoms with E-state index in [0.717, 1.165) is 24.2 Å². The molecule has 0 saturated heterocycles. The maximum absolute atomic E-state index is 12.6. The summed E-state index contributed by atoms with van der Waals surface area (Å²) < 4.78 is 33.4. The number of nitrogens with two attached hydrogens (primary N) is 1. The zero-order valence-corrected chi connectivity index (χ0v) is 18.7. The van der Waals surface area contributed by atoms with Gasteiger partial charge in [0.15, 0.2) is 0 Å². The number of carboxylic acid groups (broad SMARTS) is 1. The molecule has 0 aromatic carbocycles. The van der Waals surface area contributed by atoms with E-state index in [4.69, 9.17) is 27.2 Å². The van der Waals surface area contributed by atoms with Gasteiger partial charge in [0.05, 0.1) is 16.2 Å². The molecule has 0 unspecified atom stereocenters. The Morgan fingerprint density at radius 2 is 1.85 bits per heavy atom. The van der Waals surface area contributed by atoms with Gasteiger partial charge in [0.2, 0.25) is 0 Å². The van der Waals surface area contributed by atoms with Gasteiger partial charge in [-0.25, -0.2) is 9.31 Å². The third-order valence-electron chi connectivity index (χ3n) is 5.00. The minimum atomic E-state index is -5.08. The third-order valence-corrected chi connectivity index (χ3v) is 6.18. The molecule has 2 atom stereocenters. The Balaban J connectivity index is 0.000000383. The van der Waals surface area contributed by atoms with E-state index in [-0.39, 0.29) is 18.0 Å².